The van der Waals surface area contributed by atoms with E-state index in [0.29, 0.717) is 13.2 Å². The number of rotatable bonds is 8. The van der Waals surface area contributed by atoms with E-state index in [0.717, 1.165) is 49.0 Å². The van der Waals surface area contributed by atoms with Crippen LogP contribution in [0.5, 0.6) is 0 Å². The molecule has 0 N–H and O–H groups in total. The normalized spacial score (nSPS) is 14.6. The molecular formula is C18H26N4O2. The molecule has 0 bridgehead atoms. The van der Waals surface area contributed by atoms with E-state index in [1.807, 2.05) is 38.1 Å². The third kappa shape index (κ3) is 3.30. The van der Waals surface area contributed by atoms with Gasteiger partial charge in [0.1, 0.15) is 6.17 Å². The monoisotopic (exact) mass is 330 g/mol. The van der Waals surface area contributed by atoms with Crippen LogP contribution in [0.15, 0.2) is 24.3 Å². The van der Waals surface area contributed by atoms with Gasteiger partial charge in [0.15, 0.2) is 11.6 Å². The van der Waals surface area contributed by atoms with Gasteiger partial charge in [-0.1, -0.05) is 12.1 Å². The van der Waals surface area contributed by atoms with Gasteiger partial charge < -0.3 is 19.3 Å². The number of nitrogens with zero attached hydrogens (tertiary/aromatic N) is 4. The molecule has 0 fully saturated rings. The van der Waals surface area contributed by atoms with Crippen molar-refractivity contribution in [2.45, 2.75) is 26.9 Å². The zero-order valence-corrected chi connectivity index (χ0v) is 14.7. The summed E-state index contributed by atoms with van der Waals surface area (Å²) in [6, 6.07) is 8.02. The second-order valence-corrected chi connectivity index (χ2v) is 5.77. The van der Waals surface area contributed by atoms with E-state index in [1.165, 1.54) is 0 Å². The molecular weight excluding hydrogens is 304 g/mol. The van der Waals surface area contributed by atoms with E-state index >= 15 is 0 Å². The Morgan fingerprint density at radius 3 is 1.75 bits per heavy atom. The quantitative estimate of drug-likeness (QED) is 0.694. The van der Waals surface area contributed by atoms with Crippen LogP contribution in [0.1, 0.15) is 20.8 Å². The molecule has 0 aliphatic carbocycles. The van der Waals surface area contributed by atoms with Crippen LogP contribution in [0.25, 0.3) is 11.0 Å². The van der Waals surface area contributed by atoms with Gasteiger partial charge >= 0.3 is 0 Å². The Balaban J connectivity index is 1.92. The largest absolute Gasteiger partial charge is 0.380 e. The Bertz CT molecular complexity index is 623. The van der Waals surface area contributed by atoms with Crippen molar-refractivity contribution in [1.29, 1.82) is 0 Å². The first kappa shape index (κ1) is 16.9. The van der Waals surface area contributed by atoms with Crippen LogP contribution < -0.4 is 9.80 Å². The van der Waals surface area contributed by atoms with E-state index in [4.69, 9.17) is 19.4 Å². The summed E-state index contributed by atoms with van der Waals surface area (Å²) in [5.41, 5.74) is 1.85. The molecule has 2 heterocycles. The standard InChI is InChI=1S/C18H26N4O2/c1-4-23-12-10-21-14(3)22(11-13-24-5-2)18-17(21)19-15-8-6-7-9-16(15)20-18/h6-9,14H,4-5,10-13H2,1-3H3. The number of hydrogen-bond acceptors (Lipinski definition) is 6. The van der Waals surface area contributed by atoms with Crippen LogP contribution >= 0.6 is 0 Å². The molecule has 0 unspecified atom stereocenters. The van der Waals surface area contributed by atoms with Crippen molar-refractivity contribution in [3.63, 3.8) is 0 Å². The maximum atomic E-state index is 5.55. The summed E-state index contributed by atoms with van der Waals surface area (Å²) >= 11 is 0. The van der Waals surface area contributed by atoms with Crippen LogP contribution in [0.4, 0.5) is 11.6 Å². The summed E-state index contributed by atoms with van der Waals surface area (Å²) in [5.74, 6) is 1.88. The Morgan fingerprint density at radius 2 is 1.33 bits per heavy atom. The van der Waals surface area contributed by atoms with Crippen molar-refractivity contribution in [1.82, 2.24) is 9.97 Å². The predicted molar refractivity (Wildman–Crippen MR) is 96.7 cm³/mol. The van der Waals surface area contributed by atoms with E-state index in [-0.39, 0.29) is 6.17 Å². The highest BCUT2D eigenvalue weighted by Gasteiger charge is 2.35. The molecule has 130 valence electrons. The molecule has 0 saturated heterocycles. The summed E-state index contributed by atoms with van der Waals surface area (Å²) in [7, 11) is 0. The van der Waals surface area contributed by atoms with Gasteiger partial charge in [-0.3, -0.25) is 0 Å². The number of anilines is 2. The van der Waals surface area contributed by atoms with E-state index in [1.54, 1.807) is 0 Å². The maximum Gasteiger partial charge on any atom is 0.174 e. The minimum Gasteiger partial charge on any atom is -0.380 e. The maximum absolute atomic E-state index is 5.55. The molecule has 1 aromatic heterocycles. The molecule has 1 aliphatic heterocycles. The van der Waals surface area contributed by atoms with Crippen molar-refractivity contribution in [2.75, 3.05) is 49.3 Å². The fourth-order valence-electron chi connectivity index (χ4n) is 3.09. The summed E-state index contributed by atoms with van der Waals surface area (Å²) in [6.45, 7) is 10.7. The molecule has 0 amide bonds. The predicted octanol–water partition coefficient (Wildman–Crippen LogP) is 2.68. The van der Waals surface area contributed by atoms with Gasteiger partial charge in [0.25, 0.3) is 0 Å². The molecule has 0 atom stereocenters. The van der Waals surface area contributed by atoms with Crippen molar-refractivity contribution < 1.29 is 9.47 Å². The first-order valence-corrected chi connectivity index (χ1v) is 8.71. The summed E-state index contributed by atoms with van der Waals surface area (Å²) < 4.78 is 11.1. The average Bonchev–Trinajstić information content (AvgIpc) is 2.85. The Morgan fingerprint density at radius 1 is 0.875 bits per heavy atom. The third-order valence-corrected chi connectivity index (χ3v) is 4.34. The zero-order chi connectivity index (χ0) is 16.9. The zero-order valence-electron chi connectivity index (χ0n) is 14.7. The molecule has 24 heavy (non-hydrogen) atoms. The number of para-hydroxylation sites is 2. The summed E-state index contributed by atoms with van der Waals surface area (Å²) in [5, 5.41) is 0. The van der Waals surface area contributed by atoms with Crippen LogP contribution in [0, 0.1) is 0 Å². The fourth-order valence-corrected chi connectivity index (χ4v) is 3.09. The highest BCUT2D eigenvalue weighted by molar-refractivity contribution is 5.83. The Kier molecular flexibility index (Phi) is 5.48. The van der Waals surface area contributed by atoms with Crippen LogP contribution in [0.2, 0.25) is 0 Å². The van der Waals surface area contributed by atoms with Crippen LogP contribution in [-0.4, -0.2) is 55.7 Å². The van der Waals surface area contributed by atoms with Crippen LogP contribution in [0.3, 0.4) is 0 Å². The smallest absolute Gasteiger partial charge is 0.174 e. The minimum absolute atomic E-state index is 0.192. The average molecular weight is 330 g/mol. The first-order valence-electron chi connectivity index (χ1n) is 8.71. The van der Waals surface area contributed by atoms with Gasteiger partial charge in [0.2, 0.25) is 0 Å². The molecule has 0 radical (unpaired) electrons. The molecule has 6 nitrogen and oxygen atoms in total. The number of fused-ring (bicyclic) bond motifs is 2. The second kappa shape index (κ2) is 7.77. The third-order valence-electron chi connectivity index (χ3n) is 4.34. The minimum atomic E-state index is 0.192. The molecule has 6 heteroatoms. The van der Waals surface area contributed by atoms with Gasteiger partial charge in [0.05, 0.1) is 24.2 Å². The van der Waals surface area contributed by atoms with E-state index in [9.17, 15) is 0 Å². The Labute approximate surface area is 143 Å². The van der Waals surface area contributed by atoms with Gasteiger partial charge in [-0.2, -0.15) is 0 Å². The highest BCUT2D eigenvalue weighted by Crippen LogP contribution is 2.37. The molecule has 0 saturated carbocycles. The molecule has 2 aromatic rings. The van der Waals surface area contributed by atoms with E-state index < -0.39 is 0 Å². The van der Waals surface area contributed by atoms with Crippen LogP contribution in [-0.2, 0) is 9.47 Å². The number of aromatic nitrogens is 2. The van der Waals surface area contributed by atoms with Crippen molar-refractivity contribution in [3.05, 3.63) is 24.3 Å². The van der Waals surface area contributed by atoms with Crippen molar-refractivity contribution >= 4 is 22.7 Å². The summed E-state index contributed by atoms with van der Waals surface area (Å²) in [6.07, 6.45) is 0.192. The topological polar surface area (TPSA) is 50.7 Å². The van der Waals surface area contributed by atoms with Gasteiger partial charge in [-0.25, -0.2) is 9.97 Å². The van der Waals surface area contributed by atoms with E-state index in [2.05, 4.69) is 16.7 Å². The number of hydrogen-bond donors (Lipinski definition) is 0. The Hall–Kier alpha value is -1.92. The van der Waals surface area contributed by atoms with Gasteiger partial charge in [-0.05, 0) is 32.9 Å². The highest BCUT2D eigenvalue weighted by atomic mass is 16.5. The SMILES string of the molecule is CCOCCN1c2nc3ccccc3nc2N(CCOCC)C1C. The lowest BCUT2D eigenvalue weighted by Crippen LogP contribution is -2.44. The number of benzene rings is 1. The van der Waals surface area contributed by atoms with Gasteiger partial charge in [-0.15, -0.1) is 0 Å². The molecule has 1 aliphatic rings. The number of ether oxygens (including phenoxy) is 2. The van der Waals surface area contributed by atoms with Crippen molar-refractivity contribution in [3.8, 4) is 0 Å². The fraction of sp³-hybridized carbons (Fsp3) is 0.556. The summed E-state index contributed by atoms with van der Waals surface area (Å²) in [4.78, 5) is 14.3. The lowest BCUT2D eigenvalue weighted by atomic mass is 10.3. The van der Waals surface area contributed by atoms with Crippen molar-refractivity contribution in [2.24, 2.45) is 0 Å². The second-order valence-electron chi connectivity index (χ2n) is 5.77. The first-order chi connectivity index (χ1) is 11.8. The molecule has 1 aromatic carbocycles. The molecule has 3 rings (SSSR count). The lowest BCUT2D eigenvalue weighted by molar-refractivity contribution is 0.149. The molecule has 0 spiro atoms. The lowest BCUT2D eigenvalue weighted by Gasteiger charge is -2.28. The van der Waals surface area contributed by atoms with Gasteiger partial charge in [0, 0.05) is 26.3 Å².